The van der Waals surface area contributed by atoms with Crippen LogP contribution in [0.25, 0.3) is 0 Å². The van der Waals surface area contributed by atoms with E-state index < -0.39 is 6.10 Å². The van der Waals surface area contributed by atoms with Crippen molar-refractivity contribution in [3.63, 3.8) is 0 Å². The Balaban J connectivity index is 4.31. The second-order valence-electron chi connectivity index (χ2n) is 17.4. The fraction of sp³-hybridized carbons (Fsp3) is 0.623. The molecule has 0 saturated heterocycles. The molecular weight excluding hydrogens is 829 g/mol. The van der Waals surface area contributed by atoms with Crippen molar-refractivity contribution in [1.29, 1.82) is 0 Å². The summed E-state index contributed by atoms with van der Waals surface area (Å²) in [6.45, 7) is 6.38. The second kappa shape index (κ2) is 54.4. The zero-order chi connectivity index (χ0) is 48.6. The van der Waals surface area contributed by atoms with Crippen molar-refractivity contribution in [2.75, 3.05) is 13.2 Å². The minimum absolute atomic E-state index is 0.101. The Kier molecular flexibility index (Phi) is 51.0. The lowest BCUT2D eigenvalue weighted by molar-refractivity contribution is -0.167. The van der Waals surface area contributed by atoms with Crippen molar-refractivity contribution in [3.8, 4) is 0 Å². The maximum atomic E-state index is 12.8. The van der Waals surface area contributed by atoms with Crippen molar-refractivity contribution in [3.05, 3.63) is 122 Å². The summed E-state index contributed by atoms with van der Waals surface area (Å²) in [6.07, 6.45) is 75.0. The van der Waals surface area contributed by atoms with Crippen LogP contribution < -0.4 is 0 Å². The van der Waals surface area contributed by atoms with E-state index in [-0.39, 0.29) is 31.1 Å². The van der Waals surface area contributed by atoms with Gasteiger partial charge in [0.2, 0.25) is 0 Å². The number of esters is 3. The highest BCUT2D eigenvalue weighted by Crippen LogP contribution is 2.12. The maximum Gasteiger partial charge on any atom is 0.306 e. The summed E-state index contributed by atoms with van der Waals surface area (Å²) in [7, 11) is 0. The molecule has 0 rings (SSSR count). The normalized spacial score (nSPS) is 13.1. The average molecular weight is 927 g/mol. The Morgan fingerprint density at radius 3 is 0.955 bits per heavy atom. The van der Waals surface area contributed by atoms with E-state index >= 15 is 0 Å². The molecule has 0 aliphatic carbocycles. The van der Waals surface area contributed by atoms with Crippen molar-refractivity contribution < 1.29 is 28.6 Å². The van der Waals surface area contributed by atoms with Gasteiger partial charge in [0.25, 0.3) is 0 Å². The van der Waals surface area contributed by atoms with Gasteiger partial charge in [-0.15, -0.1) is 0 Å². The molecule has 1 unspecified atom stereocenters. The first-order valence-corrected chi connectivity index (χ1v) is 27.0. The van der Waals surface area contributed by atoms with Crippen molar-refractivity contribution in [2.45, 2.75) is 232 Å². The smallest absolute Gasteiger partial charge is 0.306 e. The summed E-state index contributed by atoms with van der Waals surface area (Å²) in [4.78, 5) is 37.8. The Bertz CT molecular complexity index is 1440. The van der Waals surface area contributed by atoms with Crippen LogP contribution in [0.2, 0.25) is 0 Å². The third-order valence-electron chi connectivity index (χ3n) is 11.0. The molecule has 0 bridgehead atoms. The number of allylic oxidation sites excluding steroid dienone is 20. The molecule has 0 aliphatic rings. The molecule has 6 nitrogen and oxygen atoms in total. The summed E-state index contributed by atoms with van der Waals surface area (Å²) in [5, 5.41) is 0. The molecule has 0 fully saturated rings. The van der Waals surface area contributed by atoms with Gasteiger partial charge in [-0.1, -0.05) is 213 Å². The zero-order valence-corrected chi connectivity index (χ0v) is 43.1. The van der Waals surface area contributed by atoms with E-state index in [1.54, 1.807) is 0 Å². The second-order valence-corrected chi connectivity index (χ2v) is 17.4. The lowest BCUT2D eigenvalue weighted by Crippen LogP contribution is -2.30. The highest BCUT2D eigenvalue weighted by molar-refractivity contribution is 5.71. The molecule has 0 amide bonds. The molecule has 0 spiro atoms. The summed E-state index contributed by atoms with van der Waals surface area (Å²) >= 11 is 0. The largest absolute Gasteiger partial charge is 0.462 e. The molecule has 0 heterocycles. The lowest BCUT2D eigenvalue weighted by Gasteiger charge is -2.18. The van der Waals surface area contributed by atoms with E-state index in [2.05, 4.69) is 142 Å². The summed E-state index contributed by atoms with van der Waals surface area (Å²) in [5.74, 6) is -0.977. The summed E-state index contributed by atoms with van der Waals surface area (Å²) < 4.78 is 16.7. The molecule has 67 heavy (non-hydrogen) atoms. The summed E-state index contributed by atoms with van der Waals surface area (Å²) in [6, 6.07) is 0. The van der Waals surface area contributed by atoms with E-state index in [1.165, 1.54) is 51.4 Å². The van der Waals surface area contributed by atoms with E-state index in [4.69, 9.17) is 14.2 Å². The van der Waals surface area contributed by atoms with Crippen LogP contribution in [0.1, 0.15) is 226 Å². The number of carbonyl (C=O) groups is 3. The van der Waals surface area contributed by atoms with Crippen molar-refractivity contribution >= 4 is 17.9 Å². The van der Waals surface area contributed by atoms with E-state index in [1.807, 2.05) is 0 Å². The van der Waals surface area contributed by atoms with Gasteiger partial charge < -0.3 is 14.2 Å². The molecule has 0 aromatic carbocycles. The average Bonchev–Trinajstić information content (AvgIpc) is 3.33. The van der Waals surface area contributed by atoms with Gasteiger partial charge in [0.15, 0.2) is 6.10 Å². The van der Waals surface area contributed by atoms with E-state index in [9.17, 15) is 14.4 Å². The first-order valence-electron chi connectivity index (χ1n) is 27.0. The summed E-state index contributed by atoms with van der Waals surface area (Å²) in [5.41, 5.74) is 0. The molecule has 0 radical (unpaired) electrons. The Labute approximate surface area is 412 Å². The van der Waals surface area contributed by atoms with E-state index in [0.717, 1.165) is 128 Å². The van der Waals surface area contributed by atoms with Gasteiger partial charge in [-0.05, 0) is 116 Å². The van der Waals surface area contributed by atoms with Crippen LogP contribution in [-0.2, 0) is 28.6 Å². The van der Waals surface area contributed by atoms with Gasteiger partial charge in [-0.25, -0.2) is 0 Å². The minimum Gasteiger partial charge on any atom is -0.462 e. The molecule has 0 aliphatic heterocycles. The van der Waals surface area contributed by atoms with Crippen LogP contribution in [-0.4, -0.2) is 37.2 Å². The van der Waals surface area contributed by atoms with Crippen LogP contribution in [0.4, 0.5) is 0 Å². The van der Waals surface area contributed by atoms with Crippen LogP contribution in [0.3, 0.4) is 0 Å². The zero-order valence-electron chi connectivity index (χ0n) is 43.1. The van der Waals surface area contributed by atoms with Crippen LogP contribution in [0.15, 0.2) is 122 Å². The predicted molar refractivity (Wildman–Crippen MR) is 288 cm³/mol. The molecule has 0 saturated carbocycles. The third kappa shape index (κ3) is 52.6. The highest BCUT2D eigenvalue weighted by atomic mass is 16.6. The van der Waals surface area contributed by atoms with Crippen LogP contribution >= 0.6 is 0 Å². The number of ether oxygens (including phenoxy) is 3. The van der Waals surface area contributed by atoms with Gasteiger partial charge in [0.05, 0.1) is 0 Å². The third-order valence-corrected chi connectivity index (χ3v) is 11.0. The fourth-order valence-electron chi connectivity index (χ4n) is 6.90. The quantitative estimate of drug-likeness (QED) is 0.0262. The van der Waals surface area contributed by atoms with Gasteiger partial charge in [0.1, 0.15) is 13.2 Å². The maximum absolute atomic E-state index is 12.8. The predicted octanol–water partition coefficient (Wildman–Crippen LogP) is 18.1. The minimum atomic E-state index is -0.803. The number of rotatable bonds is 47. The van der Waals surface area contributed by atoms with Gasteiger partial charge in [-0.2, -0.15) is 0 Å². The fourth-order valence-corrected chi connectivity index (χ4v) is 6.90. The monoisotopic (exact) mass is 927 g/mol. The first kappa shape index (κ1) is 62.8. The Morgan fingerprint density at radius 2 is 0.582 bits per heavy atom. The molecule has 378 valence electrons. The standard InChI is InChI=1S/C61H98O6/c1-4-7-10-13-16-18-20-22-24-26-27-28-29-30-31-32-33-34-35-36-38-39-41-43-45-48-51-54-60(63)66-57-58(56-65-59(62)53-50-47-15-12-9-6-3)67-61(64)55-52-49-46-44-42-40-37-25-23-21-19-17-14-11-8-5-2/h7,10,16,18-19,21-22,24-25,27-28,30-31,33-34,36-38,41,43,58H,4-6,8-9,11-15,17,20,23,26,29,32,35,39-40,42,44-57H2,1-3H3/b10-7-,18-16-,21-19-,24-22-,28-27-,31-30-,34-33-,37-25-,38-36-,43-41-. The number of hydrogen-bond donors (Lipinski definition) is 0. The van der Waals surface area contributed by atoms with Crippen molar-refractivity contribution in [2.24, 2.45) is 0 Å². The number of hydrogen-bond acceptors (Lipinski definition) is 6. The number of unbranched alkanes of at least 4 members (excludes halogenated alkanes) is 16. The SMILES string of the molecule is CC/C=C\C/C=C\C/C=C\C/C=C\C/C=C\C/C=C\C/C=C\C/C=C\CCCCC(=O)OCC(COC(=O)CCCCCCCC)OC(=O)CCCCCCC/C=C\C/C=C\CCCCCC. The molecule has 0 aromatic heterocycles. The highest BCUT2D eigenvalue weighted by Gasteiger charge is 2.19. The molecule has 0 N–H and O–H groups in total. The molecule has 1 atom stereocenters. The molecular formula is C61H98O6. The lowest BCUT2D eigenvalue weighted by atomic mass is 10.1. The van der Waals surface area contributed by atoms with Crippen molar-refractivity contribution in [1.82, 2.24) is 0 Å². The van der Waals surface area contributed by atoms with Crippen LogP contribution in [0.5, 0.6) is 0 Å². The number of carbonyl (C=O) groups excluding carboxylic acids is 3. The van der Waals surface area contributed by atoms with E-state index in [0.29, 0.717) is 25.7 Å². The molecule has 6 heteroatoms. The Morgan fingerprint density at radius 1 is 0.313 bits per heavy atom. The topological polar surface area (TPSA) is 78.9 Å². The van der Waals surface area contributed by atoms with Gasteiger partial charge in [-0.3, -0.25) is 14.4 Å². The Hall–Kier alpha value is -4.19. The first-order chi connectivity index (χ1) is 33.0. The van der Waals surface area contributed by atoms with Crippen LogP contribution in [0, 0.1) is 0 Å². The molecule has 0 aromatic rings. The van der Waals surface area contributed by atoms with Gasteiger partial charge in [0, 0.05) is 19.3 Å². The van der Waals surface area contributed by atoms with Gasteiger partial charge >= 0.3 is 17.9 Å².